The molecule has 3 heterocycles. The number of aromatic nitrogens is 4. The molecule has 1 aliphatic rings. The molecule has 1 fully saturated rings. The first-order valence-corrected chi connectivity index (χ1v) is 32.0. The van der Waals surface area contributed by atoms with Gasteiger partial charge >= 0.3 is 23.5 Å². The number of hydrogen-bond acceptors (Lipinski definition) is 18. The highest BCUT2D eigenvalue weighted by Gasteiger charge is 2.50. The van der Waals surface area contributed by atoms with Gasteiger partial charge < -0.3 is 50.9 Å². The Hall–Kier alpha value is -2.44. The van der Waals surface area contributed by atoms with E-state index < -0.39 is 84.6 Å². The van der Waals surface area contributed by atoms with Crippen molar-refractivity contribution in [3.8, 4) is 0 Å². The van der Waals surface area contributed by atoms with Gasteiger partial charge in [0.1, 0.15) is 36.3 Å². The van der Waals surface area contributed by atoms with Crippen LogP contribution in [0.25, 0.3) is 11.2 Å². The van der Waals surface area contributed by atoms with Crippen LogP contribution in [0.3, 0.4) is 0 Å². The number of anilines is 1. The van der Waals surface area contributed by atoms with E-state index in [2.05, 4.69) is 48.3 Å². The van der Waals surface area contributed by atoms with E-state index in [-0.39, 0.29) is 41.6 Å². The van der Waals surface area contributed by atoms with E-state index in [4.69, 9.17) is 19.5 Å². The second-order valence-electron chi connectivity index (χ2n) is 20.1. The summed E-state index contributed by atoms with van der Waals surface area (Å²) in [6.45, 7) is 5.10. The smallest absolute Gasteiger partial charge is 0.386 e. The minimum absolute atomic E-state index is 0.0345. The third kappa shape index (κ3) is 26.8. The maximum atomic E-state index is 12.8. The number of fused-ring (bicyclic) bond motifs is 1. The summed E-state index contributed by atoms with van der Waals surface area (Å²) < 4.78 is 62.6. The zero-order valence-corrected chi connectivity index (χ0v) is 47.7. The molecule has 75 heavy (non-hydrogen) atoms. The fourth-order valence-corrected chi connectivity index (χ4v) is 12.1. The number of carbonyl (C=O) groups is 3. The van der Waals surface area contributed by atoms with Gasteiger partial charge in [0.2, 0.25) is 11.8 Å². The topological polar surface area (TPSA) is 364 Å². The molecule has 0 radical (unpaired) electrons. The number of phosphoric acid groups is 3. The van der Waals surface area contributed by atoms with Crippen LogP contribution in [0.5, 0.6) is 0 Å². The lowest BCUT2D eigenvalue weighted by atomic mass is 9.87. The van der Waals surface area contributed by atoms with E-state index in [0.29, 0.717) is 18.1 Å². The molecule has 28 heteroatoms. The lowest BCUT2D eigenvalue weighted by Crippen LogP contribution is -2.46. The lowest BCUT2D eigenvalue weighted by Gasteiger charge is -2.30. The molecule has 0 bridgehead atoms. The van der Waals surface area contributed by atoms with Gasteiger partial charge in [-0.3, -0.25) is 32.5 Å². The van der Waals surface area contributed by atoms with Gasteiger partial charge in [-0.2, -0.15) is 4.31 Å². The van der Waals surface area contributed by atoms with E-state index >= 15 is 0 Å². The summed E-state index contributed by atoms with van der Waals surface area (Å²) in [4.78, 5) is 88.8. The number of aliphatic hydroxyl groups excluding tert-OH is 2. The molecule has 2 amide bonds. The van der Waals surface area contributed by atoms with Crippen molar-refractivity contribution >= 4 is 69.1 Å². The lowest BCUT2D eigenvalue weighted by molar-refractivity contribution is -0.137. The third-order valence-corrected chi connectivity index (χ3v) is 16.9. The first-order valence-electron chi connectivity index (χ1n) is 26.5. The predicted octanol–water partition coefficient (Wildman–Crippen LogP) is 7.90. The molecule has 1 saturated heterocycles. The van der Waals surface area contributed by atoms with Crippen molar-refractivity contribution in [2.75, 3.05) is 37.8 Å². The largest absolute Gasteiger partial charge is 0.481 e. The Morgan fingerprint density at radius 2 is 1.36 bits per heavy atom. The van der Waals surface area contributed by atoms with Gasteiger partial charge in [-0.05, 0) is 12.3 Å². The van der Waals surface area contributed by atoms with Crippen LogP contribution >= 0.6 is 35.2 Å². The first kappa shape index (κ1) is 66.8. The number of phosphoric ester groups is 3. The number of nitrogens with one attached hydrogen (secondary N) is 2. The van der Waals surface area contributed by atoms with E-state index in [0.717, 1.165) is 41.8 Å². The number of amides is 2. The zero-order valence-electron chi connectivity index (χ0n) is 44.2. The Morgan fingerprint density at radius 3 is 1.95 bits per heavy atom. The average Bonchev–Trinajstić information content (AvgIpc) is 3.90. The Labute approximate surface area is 446 Å². The molecule has 0 saturated carbocycles. The highest BCUT2D eigenvalue weighted by molar-refractivity contribution is 8.13. The van der Waals surface area contributed by atoms with Gasteiger partial charge in [0.15, 0.2) is 22.8 Å². The molecule has 0 aliphatic carbocycles. The van der Waals surface area contributed by atoms with Gasteiger partial charge in [0, 0.05) is 37.1 Å². The summed E-state index contributed by atoms with van der Waals surface area (Å²) in [5.74, 6) is -0.442. The van der Waals surface area contributed by atoms with Crippen LogP contribution in [0, 0.1) is 11.3 Å². The van der Waals surface area contributed by atoms with Crippen molar-refractivity contribution in [2.24, 2.45) is 11.3 Å². The number of nitrogen functional groups attached to an aromatic ring is 1. The quantitative estimate of drug-likeness (QED) is 0.0225. The van der Waals surface area contributed by atoms with Gasteiger partial charge in [0.05, 0.1) is 19.5 Å². The van der Waals surface area contributed by atoms with E-state index in [1.807, 2.05) is 0 Å². The molecule has 3 rings (SSSR count). The molecular weight excluding hydrogens is 1060 g/mol. The Balaban J connectivity index is 1.22. The molecule has 432 valence electrons. The summed E-state index contributed by atoms with van der Waals surface area (Å²) >= 11 is 1.16. The molecular formula is C47H86N7O17P3S. The number of aliphatic hydroxyl groups is 2. The summed E-state index contributed by atoms with van der Waals surface area (Å²) in [5.41, 5.74) is 4.30. The Kier molecular flexibility index (Phi) is 30.8. The summed E-state index contributed by atoms with van der Waals surface area (Å²) in [7, 11) is -16.4. The van der Waals surface area contributed by atoms with Crippen molar-refractivity contribution in [1.82, 2.24) is 30.2 Å². The molecule has 8 unspecified atom stereocenters. The molecule has 24 nitrogen and oxygen atoms in total. The summed E-state index contributed by atoms with van der Waals surface area (Å²) in [6, 6.07) is 0. The second kappa shape index (κ2) is 34.5. The Morgan fingerprint density at radius 1 is 0.800 bits per heavy atom. The van der Waals surface area contributed by atoms with Crippen molar-refractivity contribution in [3.05, 3.63) is 12.7 Å². The number of carbonyl (C=O) groups excluding carboxylic acids is 3. The van der Waals surface area contributed by atoms with Crippen LogP contribution in [0.15, 0.2) is 12.7 Å². The van der Waals surface area contributed by atoms with Crippen LogP contribution in [-0.2, 0) is 50.7 Å². The fraction of sp³-hybridized carbons (Fsp3) is 0.830. The van der Waals surface area contributed by atoms with Gasteiger partial charge in [-0.25, -0.2) is 28.6 Å². The molecule has 2 aromatic heterocycles. The fourth-order valence-electron chi connectivity index (χ4n) is 8.50. The van der Waals surface area contributed by atoms with Crippen molar-refractivity contribution < 1.29 is 80.5 Å². The van der Waals surface area contributed by atoms with Crippen molar-refractivity contribution in [2.45, 2.75) is 206 Å². The van der Waals surface area contributed by atoms with Crippen LogP contribution in [0.2, 0.25) is 0 Å². The number of thioether (sulfide) groups is 1. The molecule has 8 atom stereocenters. The summed E-state index contributed by atoms with van der Waals surface area (Å²) in [5, 5.41) is 26.8. The number of imidazole rings is 1. The molecule has 10 N–H and O–H groups in total. The first-order chi connectivity index (χ1) is 35.4. The SMILES string of the molecule is CCCCCCCCCCCCCCCCCCCCC(C)CCCC(=O)SCCNC(=O)CCNC(=O)C(O)C(C)(C)COP(=O)(O)OP(=O)(O)OCC1OC(n2cnc3c(N)ncnc32)C(O)C1OP(=O)(O)O. The van der Waals surface area contributed by atoms with Crippen LogP contribution < -0.4 is 16.4 Å². The van der Waals surface area contributed by atoms with Crippen molar-refractivity contribution in [1.29, 1.82) is 0 Å². The maximum Gasteiger partial charge on any atom is 0.481 e. The molecule has 0 spiro atoms. The van der Waals surface area contributed by atoms with Crippen LogP contribution in [0.4, 0.5) is 5.82 Å². The standard InChI is InChI=1S/C47H86N7O17P3S/c1-5-6-7-8-9-10-11-12-13-14-15-16-17-18-19-20-21-22-24-35(2)25-23-26-38(56)75-30-29-49-37(55)27-28-50-45(59)42(58)47(3,4)32-68-74(65,66)71-73(63,64)67-31-36-41(70-72(60,61)62)40(57)46(69-36)54-34-53-39-43(48)51-33-52-44(39)54/h33-36,40-42,46,57-58H,5-32H2,1-4H3,(H,49,55)(H,50,59)(H,63,64)(H,65,66)(H2,48,51,52)(H2,60,61,62). The van der Waals surface area contributed by atoms with Gasteiger partial charge in [0.25, 0.3) is 0 Å². The van der Waals surface area contributed by atoms with Crippen LogP contribution in [-0.4, -0.2) is 123 Å². The van der Waals surface area contributed by atoms with Crippen molar-refractivity contribution in [3.63, 3.8) is 0 Å². The minimum Gasteiger partial charge on any atom is -0.386 e. The summed E-state index contributed by atoms with van der Waals surface area (Å²) in [6.07, 6.45) is 21.1. The van der Waals surface area contributed by atoms with Gasteiger partial charge in [-0.15, -0.1) is 0 Å². The number of nitrogens with two attached hydrogens (primary N) is 1. The van der Waals surface area contributed by atoms with E-state index in [9.17, 15) is 57.9 Å². The normalized spacial score (nSPS) is 19.7. The molecule has 1 aliphatic heterocycles. The number of unbranched alkanes of at least 4 members (excludes halogenated alkanes) is 17. The monoisotopic (exact) mass is 1150 g/mol. The number of ether oxygens (including phenoxy) is 1. The third-order valence-electron chi connectivity index (χ3n) is 12.9. The minimum atomic E-state index is -5.58. The second-order valence-corrected chi connectivity index (χ2v) is 25.5. The predicted molar refractivity (Wildman–Crippen MR) is 284 cm³/mol. The highest BCUT2D eigenvalue weighted by Crippen LogP contribution is 2.61. The van der Waals surface area contributed by atoms with E-state index in [1.165, 1.54) is 136 Å². The zero-order chi connectivity index (χ0) is 55.5. The molecule has 2 aromatic rings. The number of hydrogen-bond donors (Lipinski definition) is 9. The average molecular weight is 1150 g/mol. The Bertz CT molecular complexity index is 2160. The van der Waals surface area contributed by atoms with Crippen LogP contribution in [0.1, 0.15) is 182 Å². The highest BCUT2D eigenvalue weighted by atomic mass is 32.2. The van der Waals surface area contributed by atoms with E-state index in [1.54, 1.807) is 0 Å². The maximum absolute atomic E-state index is 12.8. The molecule has 0 aromatic carbocycles. The number of nitrogens with zero attached hydrogens (tertiary/aromatic N) is 4. The number of rotatable bonds is 42. The van der Waals surface area contributed by atoms with Gasteiger partial charge in [-0.1, -0.05) is 168 Å².